The third-order valence-electron chi connectivity index (χ3n) is 4.74. The molecule has 1 aliphatic rings. The van der Waals surface area contributed by atoms with E-state index in [2.05, 4.69) is 34.0 Å². The van der Waals surface area contributed by atoms with Gasteiger partial charge in [0.15, 0.2) is 11.0 Å². The molecule has 0 N–H and O–H groups in total. The molecule has 6 heteroatoms. The number of aryl methyl sites for hydroxylation is 1. The normalized spacial score (nSPS) is 14.0. The number of benzene rings is 1. The Kier molecular flexibility index (Phi) is 5.14. The van der Waals surface area contributed by atoms with E-state index in [0.717, 1.165) is 23.0 Å². The number of hydrogen-bond acceptors (Lipinski definition) is 4. The highest BCUT2D eigenvalue weighted by Crippen LogP contribution is 2.38. The Labute approximate surface area is 161 Å². The summed E-state index contributed by atoms with van der Waals surface area (Å²) >= 11 is 3.48. The number of aromatic nitrogens is 3. The largest absolute Gasteiger partial charge is 0.299 e. The van der Waals surface area contributed by atoms with E-state index in [4.69, 9.17) is 0 Å². The van der Waals surface area contributed by atoms with Crippen molar-refractivity contribution in [3.05, 3.63) is 51.5 Å². The number of halogens is 1. The zero-order chi connectivity index (χ0) is 18.1. The van der Waals surface area contributed by atoms with Crippen LogP contribution in [0.5, 0.6) is 0 Å². The smallest absolute Gasteiger partial charge is 0.192 e. The second-order valence-corrected chi connectivity index (χ2v) is 8.85. The third-order valence-corrected chi connectivity index (χ3v) is 6.84. The van der Waals surface area contributed by atoms with E-state index in [1.165, 1.54) is 41.3 Å². The van der Waals surface area contributed by atoms with Crippen molar-refractivity contribution in [1.29, 1.82) is 0 Å². The standard InChI is InChI=1S/C20H22FN3S2/c1-13(2)24-19(17-12-25-18-9-4-3-8-16(17)18)22-23-20(24)26-11-14-6-5-7-15(21)10-14/h5-7,10,12-13H,3-4,8-9,11H2,1-2H3. The lowest BCUT2D eigenvalue weighted by Crippen LogP contribution is -2.07. The monoisotopic (exact) mass is 387 g/mol. The molecule has 0 saturated carbocycles. The summed E-state index contributed by atoms with van der Waals surface area (Å²) in [5.41, 5.74) is 3.68. The van der Waals surface area contributed by atoms with Crippen molar-refractivity contribution in [3.8, 4) is 11.4 Å². The lowest BCUT2D eigenvalue weighted by atomic mass is 9.95. The highest BCUT2D eigenvalue weighted by atomic mass is 32.2. The van der Waals surface area contributed by atoms with Crippen molar-refractivity contribution >= 4 is 23.1 Å². The van der Waals surface area contributed by atoms with Crippen molar-refractivity contribution in [3.63, 3.8) is 0 Å². The summed E-state index contributed by atoms with van der Waals surface area (Å²) in [5.74, 6) is 1.46. The molecule has 0 radical (unpaired) electrons. The fraction of sp³-hybridized carbons (Fsp3) is 0.400. The van der Waals surface area contributed by atoms with Gasteiger partial charge in [0, 0.05) is 27.6 Å². The zero-order valence-electron chi connectivity index (χ0n) is 15.0. The van der Waals surface area contributed by atoms with Crippen molar-refractivity contribution in [2.75, 3.05) is 0 Å². The average Bonchev–Trinajstić information content (AvgIpc) is 3.23. The molecule has 0 fully saturated rings. The number of thioether (sulfide) groups is 1. The van der Waals surface area contributed by atoms with Gasteiger partial charge in [-0.15, -0.1) is 21.5 Å². The van der Waals surface area contributed by atoms with Crippen LogP contribution in [0.3, 0.4) is 0 Å². The van der Waals surface area contributed by atoms with Gasteiger partial charge in [-0.25, -0.2) is 4.39 Å². The van der Waals surface area contributed by atoms with Gasteiger partial charge in [0.1, 0.15) is 5.82 Å². The van der Waals surface area contributed by atoms with Crippen LogP contribution in [0.1, 0.15) is 48.7 Å². The summed E-state index contributed by atoms with van der Waals surface area (Å²) in [4.78, 5) is 1.51. The molecule has 0 amide bonds. The third kappa shape index (κ3) is 3.45. The van der Waals surface area contributed by atoms with Crippen LogP contribution in [0.2, 0.25) is 0 Å². The molecule has 4 rings (SSSR count). The highest BCUT2D eigenvalue weighted by molar-refractivity contribution is 7.98. The molecule has 3 aromatic rings. The molecule has 2 heterocycles. The fourth-order valence-corrected chi connectivity index (χ4v) is 5.62. The molecule has 0 bridgehead atoms. The van der Waals surface area contributed by atoms with Crippen molar-refractivity contribution in [2.45, 2.75) is 56.5 Å². The zero-order valence-corrected chi connectivity index (χ0v) is 16.7. The second kappa shape index (κ2) is 7.53. The van der Waals surface area contributed by atoms with Crippen LogP contribution in [-0.2, 0) is 18.6 Å². The Bertz CT molecular complexity index is 914. The first-order chi connectivity index (χ1) is 12.6. The summed E-state index contributed by atoms with van der Waals surface area (Å²) in [6.45, 7) is 4.33. The maximum atomic E-state index is 13.4. The Balaban J connectivity index is 1.64. The Morgan fingerprint density at radius 3 is 2.88 bits per heavy atom. The van der Waals surface area contributed by atoms with Crippen molar-refractivity contribution < 1.29 is 4.39 Å². The average molecular weight is 388 g/mol. The van der Waals surface area contributed by atoms with Gasteiger partial charge in [0.05, 0.1) is 0 Å². The SMILES string of the molecule is CC(C)n1c(SCc2cccc(F)c2)nnc1-c1csc2c1CCCC2. The molecule has 0 saturated heterocycles. The first-order valence-corrected chi connectivity index (χ1v) is 10.9. The van der Waals surface area contributed by atoms with Gasteiger partial charge < -0.3 is 0 Å². The lowest BCUT2D eigenvalue weighted by molar-refractivity contribution is 0.554. The van der Waals surface area contributed by atoms with Crippen LogP contribution in [0, 0.1) is 5.82 Å². The predicted octanol–water partition coefficient (Wildman–Crippen LogP) is 5.90. The molecule has 0 atom stereocenters. The number of thiophene rings is 1. The minimum atomic E-state index is -0.195. The molecule has 0 aliphatic heterocycles. The van der Waals surface area contributed by atoms with Gasteiger partial charge in [-0.3, -0.25) is 4.57 Å². The molecular weight excluding hydrogens is 365 g/mol. The van der Waals surface area contributed by atoms with E-state index < -0.39 is 0 Å². The van der Waals surface area contributed by atoms with E-state index >= 15 is 0 Å². The number of nitrogens with zero attached hydrogens (tertiary/aromatic N) is 3. The summed E-state index contributed by atoms with van der Waals surface area (Å²) < 4.78 is 15.6. The van der Waals surface area contributed by atoms with Gasteiger partial charge in [-0.1, -0.05) is 23.9 Å². The first-order valence-electron chi connectivity index (χ1n) is 9.05. The highest BCUT2D eigenvalue weighted by Gasteiger charge is 2.23. The van der Waals surface area contributed by atoms with E-state index in [1.54, 1.807) is 23.9 Å². The van der Waals surface area contributed by atoms with Crippen LogP contribution < -0.4 is 0 Å². The van der Waals surface area contributed by atoms with Crippen LogP contribution in [-0.4, -0.2) is 14.8 Å². The minimum Gasteiger partial charge on any atom is -0.299 e. The molecule has 2 aromatic heterocycles. The molecule has 1 aliphatic carbocycles. The fourth-order valence-electron chi connectivity index (χ4n) is 3.48. The maximum Gasteiger partial charge on any atom is 0.192 e. The Morgan fingerprint density at radius 1 is 1.23 bits per heavy atom. The van der Waals surface area contributed by atoms with Crippen molar-refractivity contribution in [1.82, 2.24) is 14.8 Å². The lowest BCUT2D eigenvalue weighted by Gasteiger charge is -2.16. The Hall–Kier alpha value is -1.66. The van der Waals surface area contributed by atoms with Gasteiger partial charge in [0.25, 0.3) is 0 Å². The topological polar surface area (TPSA) is 30.7 Å². The molecule has 3 nitrogen and oxygen atoms in total. The van der Waals surface area contributed by atoms with Crippen molar-refractivity contribution in [2.24, 2.45) is 0 Å². The van der Waals surface area contributed by atoms with Crippen LogP contribution in [0.25, 0.3) is 11.4 Å². The van der Waals surface area contributed by atoms with Crippen LogP contribution >= 0.6 is 23.1 Å². The minimum absolute atomic E-state index is 0.195. The van der Waals surface area contributed by atoms with E-state index in [9.17, 15) is 4.39 Å². The molecule has 136 valence electrons. The Morgan fingerprint density at radius 2 is 2.08 bits per heavy atom. The number of fused-ring (bicyclic) bond motifs is 1. The summed E-state index contributed by atoms with van der Waals surface area (Å²) in [6, 6.07) is 7.03. The predicted molar refractivity (Wildman–Crippen MR) is 106 cm³/mol. The van der Waals surface area contributed by atoms with Gasteiger partial charge >= 0.3 is 0 Å². The summed E-state index contributed by atoms with van der Waals surface area (Å²) in [6.07, 6.45) is 4.88. The summed E-state index contributed by atoms with van der Waals surface area (Å²) in [7, 11) is 0. The van der Waals surface area contributed by atoms with Crippen LogP contribution in [0.4, 0.5) is 4.39 Å². The quantitative estimate of drug-likeness (QED) is 0.511. The molecule has 26 heavy (non-hydrogen) atoms. The van der Waals surface area contributed by atoms with E-state index in [0.29, 0.717) is 5.75 Å². The molecule has 1 aromatic carbocycles. The number of rotatable bonds is 5. The number of hydrogen-bond donors (Lipinski definition) is 0. The van der Waals surface area contributed by atoms with Crippen LogP contribution in [0.15, 0.2) is 34.8 Å². The van der Waals surface area contributed by atoms with Gasteiger partial charge in [-0.05, 0) is 62.8 Å². The molecular formula is C20H22FN3S2. The van der Waals surface area contributed by atoms with Gasteiger partial charge in [0.2, 0.25) is 0 Å². The molecule has 0 unspecified atom stereocenters. The molecule has 0 spiro atoms. The van der Waals surface area contributed by atoms with E-state index in [1.807, 2.05) is 17.4 Å². The first kappa shape index (κ1) is 17.7. The summed E-state index contributed by atoms with van der Waals surface area (Å²) in [5, 5.41) is 12.2. The maximum absolute atomic E-state index is 13.4. The van der Waals surface area contributed by atoms with E-state index in [-0.39, 0.29) is 11.9 Å². The second-order valence-electron chi connectivity index (χ2n) is 6.95. The van der Waals surface area contributed by atoms with Gasteiger partial charge in [-0.2, -0.15) is 0 Å².